The van der Waals surface area contributed by atoms with E-state index in [0.29, 0.717) is 6.20 Å². The first-order chi connectivity index (χ1) is 9.18. The lowest BCUT2D eigenvalue weighted by Gasteiger charge is -2.16. The first kappa shape index (κ1) is 16.1. The fourth-order valence-electron chi connectivity index (χ4n) is 1.59. The van der Waals surface area contributed by atoms with Gasteiger partial charge < -0.3 is 10.5 Å². The molecular formula is C11H11F5N2O2. The van der Waals surface area contributed by atoms with Gasteiger partial charge in [0, 0.05) is 0 Å². The molecule has 0 fully saturated rings. The van der Waals surface area contributed by atoms with Crippen LogP contribution in [0.2, 0.25) is 0 Å². The Morgan fingerprint density at radius 1 is 1.45 bits per heavy atom. The maximum Gasteiger partial charge on any atom is 0.433 e. The molecule has 0 aliphatic heterocycles. The van der Waals surface area contributed by atoms with Crippen LogP contribution in [0.3, 0.4) is 0 Å². The van der Waals surface area contributed by atoms with Gasteiger partial charge in [-0.15, -0.1) is 0 Å². The fraction of sp³-hybridized carbons (Fsp3) is 0.455. The quantitative estimate of drug-likeness (QED) is 0.685. The van der Waals surface area contributed by atoms with Crippen molar-refractivity contribution in [3.63, 3.8) is 0 Å². The number of pyridine rings is 1. The standard InChI is InChI=1S/C11H11F5N2O2/c1-2-20-7(19)3-5-6(17)4-18-9(11(14,15)16)8(5)10(12)13/h4,10H,2-3,17H2,1H3. The zero-order chi connectivity index (χ0) is 15.5. The molecule has 1 aromatic heterocycles. The molecule has 1 aromatic rings. The lowest BCUT2D eigenvalue weighted by molar-refractivity contribution is -0.144. The Balaban J connectivity index is 3.37. The first-order valence-corrected chi connectivity index (χ1v) is 5.46. The Bertz CT molecular complexity index is 502. The molecule has 4 nitrogen and oxygen atoms in total. The van der Waals surface area contributed by atoms with Crippen LogP contribution in [0, 0.1) is 0 Å². The molecule has 9 heteroatoms. The van der Waals surface area contributed by atoms with Gasteiger partial charge in [-0.25, -0.2) is 13.8 Å². The normalized spacial score (nSPS) is 11.8. The summed E-state index contributed by atoms with van der Waals surface area (Å²) in [5, 5.41) is 0. The van der Waals surface area contributed by atoms with E-state index >= 15 is 0 Å². The third kappa shape index (κ3) is 3.55. The minimum Gasteiger partial charge on any atom is -0.466 e. The van der Waals surface area contributed by atoms with Crippen molar-refractivity contribution in [1.29, 1.82) is 0 Å². The minimum absolute atomic E-state index is 0.0278. The van der Waals surface area contributed by atoms with Crippen molar-refractivity contribution >= 4 is 11.7 Å². The number of hydrogen-bond donors (Lipinski definition) is 1. The SMILES string of the molecule is CCOC(=O)Cc1c(N)cnc(C(F)(F)F)c1C(F)F. The topological polar surface area (TPSA) is 65.2 Å². The molecule has 0 saturated carbocycles. The number of carbonyl (C=O) groups is 1. The average Bonchev–Trinajstić information content (AvgIpc) is 2.29. The number of aromatic nitrogens is 1. The van der Waals surface area contributed by atoms with Gasteiger partial charge in [0.15, 0.2) is 5.69 Å². The van der Waals surface area contributed by atoms with E-state index < -0.39 is 47.5 Å². The van der Waals surface area contributed by atoms with Gasteiger partial charge in [-0.05, 0) is 12.5 Å². The monoisotopic (exact) mass is 298 g/mol. The Morgan fingerprint density at radius 2 is 2.05 bits per heavy atom. The molecule has 0 amide bonds. The highest BCUT2D eigenvalue weighted by Gasteiger charge is 2.39. The Hall–Kier alpha value is -1.93. The van der Waals surface area contributed by atoms with Crippen LogP contribution >= 0.6 is 0 Å². The number of ether oxygens (including phenoxy) is 1. The van der Waals surface area contributed by atoms with E-state index in [9.17, 15) is 26.7 Å². The second-order valence-electron chi connectivity index (χ2n) is 3.73. The Kier molecular flexibility index (Phi) is 4.85. The Labute approximate surface area is 110 Å². The molecule has 0 unspecified atom stereocenters. The molecule has 20 heavy (non-hydrogen) atoms. The summed E-state index contributed by atoms with van der Waals surface area (Å²) in [5.41, 5.74) is 1.19. The van der Waals surface area contributed by atoms with Crippen molar-refractivity contribution < 1.29 is 31.5 Å². The second kappa shape index (κ2) is 6.02. The van der Waals surface area contributed by atoms with Gasteiger partial charge in [0.2, 0.25) is 0 Å². The minimum atomic E-state index is -5.07. The van der Waals surface area contributed by atoms with Gasteiger partial charge in [-0.3, -0.25) is 4.79 Å². The van der Waals surface area contributed by atoms with Crippen LogP contribution < -0.4 is 5.73 Å². The molecule has 1 rings (SSSR count). The number of esters is 1. The summed E-state index contributed by atoms with van der Waals surface area (Å²) in [6.45, 7) is 1.45. The van der Waals surface area contributed by atoms with E-state index in [-0.39, 0.29) is 6.61 Å². The maximum absolute atomic E-state index is 12.9. The highest BCUT2D eigenvalue weighted by molar-refractivity contribution is 5.75. The lowest BCUT2D eigenvalue weighted by Crippen LogP contribution is -2.18. The number of hydrogen-bond acceptors (Lipinski definition) is 4. The summed E-state index contributed by atoms with van der Waals surface area (Å²) in [7, 11) is 0. The van der Waals surface area contributed by atoms with Gasteiger partial charge in [-0.2, -0.15) is 13.2 Å². The van der Waals surface area contributed by atoms with Gasteiger partial charge in [0.25, 0.3) is 6.43 Å². The molecule has 0 saturated heterocycles. The van der Waals surface area contributed by atoms with Gasteiger partial charge in [-0.1, -0.05) is 0 Å². The highest BCUT2D eigenvalue weighted by Crippen LogP contribution is 2.38. The predicted octanol–water partition coefficient (Wildman–Crippen LogP) is 2.73. The van der Waals surface area contributed by atoms with Crippen molar-refractivity contribution in [2.45, 2.75) is 25.9 Å². The van der Waals surface area contributed by atoms with Crippen LogP contribution in [-0.2, 0) is 22.1 Å². The highest BCUT2D eigenvalue weighted by atomic mass is 19.4. The van der Waals surface area contributed by atoms with Crippen LogP contribution in [0.1, 0.15) is 30.2 Å². The smallest absolute Gasteiger partial charge is 0.433 e. The van der Waals surface area contributed by atoms with E-state index in [1.807, 2.05) is 0 Å². The van der Waals surface area contributed by atoms with Crippen LogP contribution in [0.15, 0.2) is 6.20 Å². The molecular weight excluding hydrogens is 287 g/mol. The third-order valence-electron chi connectivity index (χ3n) is 2.37. The van der Waals surface area contributed by atoms with Crippen molar-refractivity contribution in [2.75, 3.05) is 12.3 Å². The van der Waals surface area contributed by atoms with Gasteiger partial charge in [0.1, 0.15) is 0 Å². The van der Waals surface area contributed by atoms with Crippen LogP contribution in [0.5, 0.6) is 0 Å². The largest absolute Gasteiger partial charge is 0.466 e. The number of nitrogens with zero attached hydrogens (tertiary/aromatic N) is 1. The van der Waals surface area contributed by atoms with E-state index in [2.05, 4.69) is 9.72 Å². The number of alkyl halides is 5. The number of anilines is 1. The number of nitrogens with two attached hydrogens (primary N) is 1. The zero-order valence-corrected chi connectivity index (χ0v) is 10.3. The summed E-state index contributed by atoms with van der Waals surface area (Å²) in [4.78, 5) is 14.2. The summed E-state index contributed by atoms with van der Waals surface area (Å²) >= 11 is 0. The fourth-order valence-corrected chi connectivity index (χ4v) is 1.59. The molecule has 0 spiro atoms. The van der Waals surface area contributed by atoms with Crippen molar-refractivity contribution in [3.8, 4) is 0 Å². The molecule has 0 aromatic carbocycles. The number of rotatable bonds is 4. The number of halogens is 5. The molecule has 0 aliphatic carbocycles. The summed E-state index contributed by atoms with van der Waals surface area (Å²) in [6, 6.07) is 0. The Morgan fingerprint density at radius 3 is 2.50 bits per heavy atom. The second-order valence-corrected chi connectivity index (χ2v) is 3.73. The number of nitrogen functional groups attached to an aromatic ring is 1. The zero-order valence-electron chi connectivity index (χ0n) is 10.3. The van der Waals surface area contributed by atoms with Crippen LogP contribution in [-0.4, -0.2) is 17.6 Å². The van der Waals surface area contributed by atoms with Crippen LogP contribution in [0.4, 0.5) is 27.6 Å². The number of carbonyl (C=O) groups excluding carboxylic acids is 1. The summed E-state index contributed by atoms with van der Waals surface area (Å²) in [5.74, 6) is -0.944. The van der Waals surface area contributed by atoms with Gasteiger partial charge >= 0.3 is 12.1 Å². The van der Waals surface area contributed by atoms with Gasteiger partial charge in [0.05, 0.1) is 30.5 Å². The van der Waals surface area contributed by atoms with E-state index in [1.54, 1.807) is 0 Å². The molecule has 1 heterocycles. The lowest BCUT2D eigenvalue weighted by atomic mass is 10.0. The third-order valence-corrected chi connectivity index (χ3v) is 2.37. The maximum atomic E-state index is 12.9. The molecule has 0 atom stereocenters. The molecule has 2 N–H and O–H groups in total. The molecule has 112 valence electrons. The van der Waals surface area contributed by atoms with Crippen molar-refractivity contribution in [1.82, 2.24) is 4.98 Å². The molecule has 0 bridgehead atoms. The van der Waals surface area contributed by atoms with E-state index in [4.69, 9.17) is 5.73 Å². The average molecular weight is 298 g/mol. The van der Waals surface area contributed by atoms with E-state index in [1.165, 1.54) is 6.92 Å². The summed E-state index contributed by atoms with van der Waals surface area (Å²) < 4.78 is 68.3. The first-order valence-electron chi connectivity index (χ1n) is 5.46. The molecule has 0 radical (unpaired) electrons. The van der Waals surface area contributed by atoms with Crippen molar-refractivity contribution in [3.05, 3.63) is 23.0 Å². The predicted molar refractivity (Wildman–Crippen MR) is 58.9 cm³/mol. The summed E-state index contributed by atoms with van der Waals surface area (Å²) in [6.07, 6.45) is -8.70. The van der Waals surface area contributed by atoms with Crippen LogP contribution in [0.25, 0.3) is 0 Å². The van der Waals surface area contributed by atoms with Crippen molar-refractivity contribution in [2.24, 2.45) is 0 Å². The molecule has 0 aliphatic rings. The van der Waals surface area contributed by atoms with E-state index in [0.717, 1.165) is 0 Å².